The summed E-state index contributed by atoms with van der Waals surface area (Å²) in [6, 6.07) is 0.540. The minimum absolute atomic E-state index is 0.540. The second kappa shape index (κ2) is 3.91. The summed E-state index contributed by atoms with van der Waals surface area (Å²) < 4.78 is 5.02. The SMILES string of the molecule is COCC1CC(CN)CN1. The Bertz CT molecular complexity index is 97.6. The van der Waals surface area contributed by atoms with Crippen LogP contribution in [0.2, 0.25) is 0 Å². The van der Waals surface area contributed by atoms with E-state index in [2.05, 4.69) is 5.32 Å². The van der Waals surface area contributed by atoms with E-state index in [0.717, 1.165) is 19.7 Å². The Balaban J connectivity index is 2.15. The summed E-state index contributed by atoms with van der Waals surface area (Å²) in [7, 11) is 1.73. The van der Waals surface area contributed by atoms with Crippen LogP contribution in [0.15, 0.2) is 0 Å². The van der Waals surface area contributed by atoms with Gasteiger partial charge < -0.3 is 15.8 Å². The Kier molecular flexibility index (Phi) is 3.12. The smallest absolute Gasteiger partial charge is 0.0615 e. The van der Waals surface area contributed by atoms with Gasteiger partial charge in [-0.05, 0) is 25.4 Å². The predicted octanol–water partition coefficient (Wildman–Crippen LogP) is -0.430. The van der Waals surface area contributed by atoms with E-state index in [9.17, 15) is 0 Å². The molecule has 60 valence electrons. The highest BCUT2D eigenvalue weighted by molar-refractivity contribution is 4.81. The summed E-state index contributed by atoms with van der Waals surface area (Å²) in [4.78, 5) is 0. The van der Waals surface area contributed by atoms with Gasteiger partial charge in [0.1, 0.15) is 0 Å². The lowest BCUT2D eigenvalue weighted by Crippen LogP contribution is -2.25. The number of methoxy groups -OCH3 is 1. The number of nitrogens with one attached hydrogen (secondary N) is 1. The van der Waals surface area contributed by atoms with Crippen LogP contribution >= 0.6 is 0 Å². The van der Waals surface area contributed by atoms with Gasteiger partial charge in [-0.1, -0.05) is 0 Å². The molecule has 1 aliphatic rings. The number of nitrogens with two attached hydrogens (primary N) is 1. The number of hydrogen-bond acceptors (Lipinski definition) is 3. The summed E-state index contributed by atoms with van der Waals surface area (Å²) in [5.74, 6) is 0.667. The fourth-order valence-corrected chi connectivity index (χ4v) is 1.41. The maximum atomic E-state index is 5.51. The summed E-state index contributed by atoms with van der Waals surface area (Å²) in [6.45, 7) is 2.67. The Morgan fingerprint density at radius 1 is 1.70 bits per heavy atom. The fraction of sp³-hybridized carbons (Fsp3) is 1.00. The minimum Gasteiger partial charge on any atom is -0.383 e. The first-order valence-electron chi connectivity index (χ1n) is 3.79. The predicted molar refractivity (Wildman–Crippen MR) is 40.8 cm³/mol. The molecule has 0 aromatic rings. The molecule has 3 heteroatoms. The highest BCUT2D eigenvalue weighted by Gasteiger charge is 2.21. The molecule has 0 amide bonds. The molecule has 0 bridgehead atoms. The van der Waals surface area contributed by atoms with Crippen LogP contribution < -0.4 is 11.1 Å². The zero-order chi connectivity index (χ0) is 7.40. The van der Waals surface area contributed by atoms with Crippen LogP contribution in [0.4, 0.5) is 0 Å². The normalized spacial score (nSPS) is 33.0. The van der Waals surface area contributed by atoms with E-state index in [4.69, 9.17) is 10.5 Å². The van der Waals surface area contributed by atoms with Crippen LogP contribution in [-0.2, 0) is 4.74 Å². The zero-order valence-electron chi connectivity index (χ0n) is 6.47. The van der Waals surface area contributed by atoms with Crippen LogP contribution in [0, 0.1) is 5.92 Å². The standard InChI is InChI=1S/C7H16N2O/c1-10-5-7-2-6(3-8)4-9-7/h6-7,9H,2-5,8H2,1H3. The molecule has 0 saturated carbocycles. The van der Waals surface area contributed by atoms with Gasteiger partial charge in [-0.15, -0.1) is 0 Å². The second-order valence-corrected chi connectivity index (χ2v) is 2.90. The first kappa shape index (κ1) is 7.98. The third-order valence-electron chi connectivity index (χ3n) is 2.01. The van der Waals surface area contributed by atoms with Crippen LogP contribution in [0.5, 0.6) is 0 Å². The van der Waals surface area contributed by atoms with Crippen LogP contribution in [0.1, 0.15) is 6.42 Å². The lowest BCUT2D eigenvalue weighted by molar-refractivity contribution is 0.172. The molecule has 1 aliphatic heterocycles. The second-order valence-electron chi connectivity index (χ2n) is 2.90. The molecule has 3 N–H and O–H groups in total. The molecule has 10 heavy (non-hydrogen) atoms. The fourth-order valence-electron chi connectivity index (χ4n) is 1.41. The van der Waals surface area contributed by atoms with E-state index in [0.29, 0.717) is 12.0 Å². The van der Waals surface area contributed by atoms with Gasteiger partial charge in [-0.25, -0.2) is 0 Å². The maximum Gasteiger partial charge on any atom is 0.0615 e. The summed E-state index contributed by atoms with van der Waals surface area (Å²) in [5, 5.41) is 3.35. The molecule has 1 heterocycles. The van der Waals surface area contributed by atoms with E-state index in [-0.39, 0.29) is 0 Å². The van der Waals surface area contributed by atoms with E-state index in [1.807, 2.05) is 0 Å². The molecule has 1 saturated heterocycles. The number of rotatable bonds is 3. The van der Waals surface area contributed by atoms with Crippen molar-refractivity contribution in [2.24, 2.45) is 11.7 Å². The molecule has 0 aliphatic carbocycles. The number of hydrogen-bond donors (Lipinski definition) is 2. The largest absolute Gasteiger partial charge is 0.383 e. The third kappa shape index (κ3) is 1.94. The van der Waals surface area contributed by atoms with Crippen molar-refractivity contribution in [2.75, 3.05) is 26.8 Å². The average molecular weight is 144 g/mol. The van der Waals surface area contributed by atoms with Crippen LogP contribution in [0.25, 0.3) is 0 Å². The molecule has 0 aromatic carbocycles. The Morgan fingerprint density at radius 3 is 3.00 bits per heavy atom. The molecular formula is C7H16N2O. The van der Waals surface area contributed by atoms with Gasteiger partial charge in [0, 0.05) is 13.2 Å². The molecular weight excluding hydrogens is 128 g/mol. The first-order valence-corrected chi connectivity index (χ1v) is 3.79. The Labute approximate surface area is 61.9 Å². The van der Waals surface area contributed by atoms with Crippen LogP contribution in [0.3, 0.4) is 0 Å². The van der Waals surface area contributed by atoms with Crippen molar-refractivity contribution < 1.29 is 4.74 Å². The van der Waals surface area contributed by atoms with Crippen molar-refractivity contribution in [1.29, 1.82) is 0 Å². The van der Waals surface area contributed by atoms with Crippen molar-refractivity contribution in [1.82, 2.24) is 5.32 Å². The summed E-state index contributed by atoms with van der Waals surface area (Å²) in [6.07, 6.45) is 1.17. The lowest BCUT2D eigenvalue weighted by atomic mass is 10.1. The van der Waals surface area contributed by atoms with Crippen molar-refractivity contribution in [3.05, 3.63) is 0 Å². The molecule has 1 rings (SSSR count). The summed E-state index contributed by atoms with van der Waals surface area (Å²) in [5.41, 5.74) is 5.51. The van der Waals surface area contributed by atoms with E-state index in [1.165, 1.54) is 6.42 Å². The molecule has 0 radical (unpaired) electrons. The van der Waals surface area contributed by atoms with Gasteiger partial charge in [0.2, 0.25) is 0 Å². The monoisotopic (exact) mass is 144 g/mol. The first-order chi connectivity index (χ1) is 4.86. The van der Waals surface area contributed by atoms with E-state index in [1.54, 1.807) is 7.11 Å². The summed E-state index contributed by atoms with van der Waals surface area (Å²) >= 11 is 0. The molecule has 3 nitrogen and oxygen atoms in total. The zero-order valence-corrected chi connectivity index (χ0v) is 6.47. The van der Waals surface area contributed by atoms with Crippen molar-refractivity contribution in [3.63, 3.8) is 0 Å². The third-order valence-corrected chi connectivity index (χ3v) is 2.01. The Morgan fingerprint density at radius 2 is 2.50 bits per heavy atom. The quantitative estimate of drug-likeness (QED) is 0.565. The van der Waals surface area contributed by atoms with Gasteiger partial charge in [-0.3, -0.25) is 0 Å². The average Bonchev–Trinajstić information content (AvgIpc) is 2.37. The molecule has 2 atom stereocenters. The van der Waals surface area contributed by atoms with Crippen molar-refractivity contribution in [2.45, 2.75) is 12.5 Å². The van der Waals surface area contributed by atoms with E-state index >= 15 is 0 Å². The lowest BCUT2D eigenvalue weighted by Gasteiger charge is -2.07. The van der Waals surface area contributed by atoms with Gasteiger partial charge in [0.25, 0.3) is 0 Å². The highest BCUT2D eigenvalue weighted by Crippen LogP contribution is 2.11. The van der Waals surface area contributed by atoms with Gasteiger partial charge >= 0.3 is 0 Å². The molecule has 0 spiro atoms. The Hall–Kier alpha value is -0.120. The van der Waals surface area contributed by atoms with Crippen LogP contribution in [-0.4, -0.2) is 32.8 Å². The minimum atomic E-state index is 0.540. The molecule has 2 unspecified atom stereocenters. The number of ether oxygens (including phenoxy) is 1. The topological polar surface area (TPSA) is 47.3 Å². The van der Waals surface area contributed by atoms with Gasteiger partial charge in [0.15, 0.2) is 0 Å². The van der Waals surface area contributed by atoms with Crippen molar-refractivity contribution >= 4 is 0 Å². The van der Waals surface area contributed by atoms with Gasteiger partial charge in [0.05, 0.1) is 6.61 Å². The maximum absolute atomic E-state index is 5.51. The molecule has 1 fully saturated rings. The van der Waals surface area contributed by atoms with Crippen molar-refractivity contribution in [3.8, 4) is 0 Å². The molecule has 0 aromatic heterocycles. The highest BCUT2D eigenvalue weighted by atomic mass is 16.5. The van der Waals surface area contributed by atoms with Gasteiger partial charge in [-0.2, -0.15) is 0 Å². The van der Waals surface area contributed by atoms with E-state index < -0.39 is 0 Å².